The largest absolute Gasteiger partial charge is 0.313 e. The van der Waals surface area contributed by atoms with E-state index in [1.165, 1.54) is 38.5 Å². The quantitative estimate of drug-likeness (QED) is 0.725. The summed E-state index contributed by atoms with van der Waals surface area (Å²) in [4.78, 5) is 0. The monoisotopic (exact) mass is 211 g/mol. The van der Waals surface area contributed by atoms with E-state index >= 15 is 0 Å². The highest BCUT2D eigenvalue weighted by atomic mass is 14.9. The first-order valence-electron chi connectivity index (χ1n) is 6.87. The molecule has 0 bridgehead atoms. The first-order valence-corrected chi connectivity index (χ1v) is 6.87. The second kappa shape index (κ2) is 5.89. The summed E-state index contributed by atoms with van der Waals surface area (Å²) >= 11 is 0. The van der Waals surface area contributed by atoms with Crippen LogP contribution in [0, 0.1) is 11.3 Å². The summed E-state index contributed by atoms with van der Waals surface area (Å²) in [5, 5.41) is 3.74. The summed E-state index contributed by atoms with van der Waals surface area (Å²) in [6.07, 6.45) is 8.48. The molecule has 1 aliphatic carbocycles. The fraction of sp³-hybridized carbons (Fsp3) is 1.00. The molecule has 1 N–H and O–H groups in total. The first kappa shape index (κ1) is 13.0. The van der Waals surface area contributed by atoms with Crippen molar-refractivity contribution in [1.29, 1.82) is 0 Å². The molecule has 1 aliphatic rings. The van der Waals surface area contributed by atoms with Gasteiger partial charge in [0.25, 0.3) is 0 Å². The minimum Gasteiger partial charge on any atom is -0.313 e. The van der Waals surface area contributed by atoms with Crippen molar-refractivity contribution in [3.05, 3.63) is 0 Å². The van der Waals surface area contributed by atoms with Crippen LogP contribution in [-0.2, 0) is 0 Å². The number of hydrogen-bond acceptors (Lipinski definition) is 1. The summed E-state index contributed by atoms with van der Waals surface area (Å²) in [5.41, 5.74) is 0.559. The summed E-state index contributed by atoms with van der Waals surface area (Å²) < 4.78 is 0. The maximum Gasteiger partial charge on any atom is 0.0146 e. The maximum absolute atomic E-state index is 3.74. The highest BCUT2D eigenvalue weighted by Crippen LogP contribution is 2.41. The molecule has 0 aliphatic heterocycles. The van der Waals surface area contributed by atoms with Crippen molar-refractivity contribution in [1.82, 2.24) is 5.32 Å². The van der Waals surface area contributed by atoms with Crippen LogP contribution in [0.5, 0.6) is 0 Å². The third-order valence-electron chi connectivity index (χ3n) is 4.38. The fourth-order valence-corrected chi connectivity index (χ4v) is 3.26. The van der Waals surface area contributed by atoms with Crippen LogP contribution in [0.25, 0.3) is 0 Å². The molecule has 1 heteroatoms. The first-order chi connectivity index (χ1) is 7.14. The Balaban J connectivity index is 2.67. The molecule has 0 radical (unpaired) electrons. The molecule has 1 rings (SSSR count). The molecule has 90 valence electrons. The van der Waals surface area contributed by atoms with E-state index in [1.807, 2.05) is 0 Å². The third kappa shape index (κ3) is 3.21. The van der Waals surface area contributed by atoms with Gasteiger partial charge in [-0.3, -0.25) is 0 Å². The molecular weight excluding hydrogens is 182 g/mol. The predicted molar refractivity (Wildman–Crippen MR) is 68.1 cm³/mol. The van der Waals surface area contributed by atoms with Crippen LogP contribution in [0.1, 0.15) is 66.2 Å². The van der Waals surface area contributed by atoms with Gasteiger partial charge >= 0.3 is 0 Å². The molecule has 0 aromatic rings. The number of nitrogens with one attached hydrogen (secondary N) is 1. The van der Waals surface area contributed by atoms with Crippen molar-refractivity contribution in [2.75, 3.05) is 6.54 Å². The van der Waals surface area contributed by atoms with Crippen molar-refractivity contribution in [3.8, 4) is 0 Å². The van der Waals surface area contributed by atoms with E-state index in [0.717, 1.165) is 18.5 Å². The van der Waals surface area contributed by atoms with Gasteiger partial charge in [-0.15, -0.1) is 0 Å². The van der Waals surface area contributed by atoms with E-state index in [1.54, 1.807) is 0 Å². The second-order valence-electron chi connectivity index (χ2n) is 5.64. The molecule has 1 nitrogen and oxygen atoms in total. The van der Waals surface area contributed by atoms with Gasteiger partial charge < -0.3 is 5.32 Å². The molecule has 1 saturated carbocycles. The van der Waals surface area contributed by atoms with Crippen molar-refractivity contribution >= 4 is 0 Å². The van der Waals surface area contributed by atoms with Gasteiger partial charge in [-0.05, 0) is 30.7 Å². The third-order valence-corrected chi connectivity index (χ3v) is 4.38. The summed E-state index contributed by atoms with van der Waals surface area (Å²) in [6, 6.07) is 0.729. The van der Waals surface area contributed by atoms with E-state index in [9.17, 15) is 0 Å². The van der Waals surface area contributed by atoms with Gasteiger partial charge in [0.1, 0.15) is 0 Å². The van der Waals surface area contributed by atoms with Gasteiger partial charge in [0.2, 0.25) is 0 Å². The molecule has 0 saturated heterocycles. The van der Waals surface area contributed by atoms with Crippen LogP contribution in [0.15, 0.2) is 0 Å². The SMILES string of the molecule is CCNC(C(C)CC)C1(C)CCCCC1. The highest BCUT2D eigenvalue weighted by Gasteiger charge is 2.37. The molecule has 1 fully saturated rings. The molecule has 15 heavy (non-hydrogen) atoms. The van der Waals surface area contributed by atoms with Crippen LogP contribution in [0.4, 0.5) is 0 Å². The Hall–Kier alpha value is -0.0400. The normalized spacial score (nSPS) is 24.8. The molecule has 0 amide bonds. The van der Waals surface area contributed by atoms with Crippen molar-refractivity contribution in [3.63, 3.8) is 0 Å². The minimum absolute atomic E-state index is 0.559. The van der Waals surface area contributed by atoms with Crippen molar-refractivity contribution in [2.24, 2.45) is 11.3 Å². The smallest absolute Gasteiger partial charge is 0.0146 e. The average Bonchev–Trinajstić information content (AvgIpc) is 2.25. The molecule has 0 aromatic carbocycles. The zero-order chi connectivity index (χ0) is 11.3. The van der Waals surface area contributed by atoms with Crippen molar-refractivity contribution in [2.45, 2.75) is 72.3 Å². The summed E-state index contributed by atoms with van der Waals surface area (Å²) in [6.45, 7) is 10.6. The van der Waals surface area contributed by atoms with Gasteiger partial charge in [0.15, 0.2) is 0 Å². The zero-order valence-electron chi connectivity index (χ0n) is 11.1. The molecule has 2 atom stereocenters. The van der Waals surface area contributed by atoms with Gasteiger partial charge in [-0.25, -0.2) is 0 Å². The maximum atomic E-state index is 3.74. The van der Waals surface area contributed by atoms with E-state index < -0.39 is 0 Å². The van der Waals surface area contributed by atoms with Crippen LogP contribution in [0.2, 0.25) is 0 Å². The van der Waals surface area contributed by atoms with Gasteiger partial charge in [0.05, 0.1) is 0 Å². The molecule has 0 aromatic heterocycles. The lowest BCUT2D eigenvalue weighted by Gasteiger charge is -2.44. The zero-order valence-corrected chi connectivity index (χ0v) is 11.1. The molecular formula is C14H29N. The van der Waals surface area contributed by atoms with Crippen LogP contribution < -0.4 is 5.32 Å². The van der Waals surface area contributed by atoms with Gasteiger partial charge in [-0.1, -0.05) is 53.4 Å². The lowest BCUT2D eigenvalue weighted by Crippen LogP contribution is -2.48. The molecule has 0 spiro atoms. The Kier molecular flexibility index (Phi) is 5.11. The Morgan fingerprint density at radius 1 is 1.13 bits per heavy atom. The fourth-order valence-electron chi connectivity index (χ4n) is 3.26. The van der Waals surface area contributed by atoms with Gasteiger partial charge in [-0.2, -0.15) is 0 Å². The van der Waals surface area contributed by atoms with E-state index in [-0.39, 0.29) is 0 Å². The number of hydrogen-bond donors (Lipinski definition) is 1. The topological polar surface area (TPSA) is 12.0 Å². The lowest BCUT2D eigenvalue weighted by atomic mass is 9.67. The van der Waals surface area contributed by atoms with E-state index in [2.05, 4.69) is 33.0 Å². The van der Waals surface area contributed by atoms with E-state index in [0.29, 0.717) is 5.41 Å². The Morgan fingerprint density at radius 3 is 2.20 bits per heavy atom. The van der Waals surface area contributed by atoms with E-state index in [4.69, 9.17) is 0 Å². The molecule has 0 heterocycles. The van der Waals surface area contributed by atoms with Crippen molar-refractivity contribution < 1.29 is 0 Å². The number of rotatable bonds is 5. The predicted octanol–water partition coefficient (Wildman–Crippen LogP) is 3.98. The average molecular weight is 211 g/mol. The highest BCUT2D eigenvalue weighted by molar-refractivity contribution is 4.92. The van der Waals surface area contributed by atoms with Crippen LogP contribution in [0.3, 0.4) is 0 Å². The molecule has 2 unspecified atom stereocenters. The lowest BCUT2D eigenvalue weighted by molar-refractivity contribution is 0.107. The Morgan fingerprint density at radius 2 is 1.73 bits per heavy atom. The Bertz CT molecular complexity index is 170. The van der Waals surface area contributed by atoms with Crippen LogP contribution in [-0.4, -0.2) is 12.6 Å². The van der Waals surface area contributed by atoms with Gasteiger partial charge in [0, 0.05) is 6.04 Å². The standard InChI is InChI=1S/C14H29N/c1-5-12(3)13(15-6-2)14(4)10-8-7-9-11-14/h12-13,15H,5-11H2,1-4H3. The summed E-state index contributed by atoms with van der Waals surface area (Å²) in [7, 11) is 0. The summed E-state index contributed by atoms with van der Waals surface area (Å²) in [5.74, 6) is 0.813. The minimum atomic E-state index is 0.559. The van der Waals surface area contributed by atoms with Crippen LogP contribution >= 0.6 is 0 Å². The second-order valence-corrected chi connectivity index (χ2v) is 5.64. The Labute approximate surface area is 96.0 Å².